The molecule has 18 heavy (non-hydrogen) atoms. The summed E-state index contributed by atoms with van der Waals surface area (Å²) >= 11 is 0. The van der Waals surface area contributed by atoms with Crippen molar-refractivity contribution in [2.75, 3.05) is 13.1 Å². The molecule has 0 radical (unpaired) electrons. The molecule has 2 heterocycles. The van der Waals surface area contributed by atoms with E-state index in [1.165, 1.54) is 4.68 Å². The first-order chi connectivity index (χ1) is 8.40. The van der Waals surface area contributed by atoms with Gasteiger partial charge in [0.1, 0.15) is 12.4 Å². The molecule has 1 aliphatic heterocycles. The number of nitrogens with zero attached hydrogens (tertiary/aromatic N) is 5. The van der Waals surface area contributed by atoms with Crippen molar-refractivity contribution in [2.45, 2.75) is 39.3 Å². The largest absolute Gasteiger partial charge is 0.390 e. The SMILES string of the molecule is Cc1nnnn1CC(=O)N1CCC(C)(O)C(C)C1. The Morgan fingerprint density at radius 2 is 2.33 bits per heavy atom. The molecule has 1 aromatic rings. The first-order valence-corrected chi connectivity index (χ1v) is 6.13. The van der Waals surface area contributed by atoms with Crippen LogP contribution in [0, 0.1) is 12.8 Å². The van der Waals surface area contributed by atoms with Gasteiger partial charge in [0.15, 0.2) is 0 Å². The van der Waals surface area contributed by atoms with Crippen LogP contribution in [-0.4, -0.2) is 54.8 Å². The number of rotatable bonds is 2. The number of hydrogen-bond acceptors (Lipinski definition) is 5. The van der Waals surface area contributed by atoms with E-state index >= 15 is 0 Å². The lowest BCUT2D eigenvalue weighted by atomic mass is 9.84. The average molecular weight is 253 g/mol. The van der Waals surface area contributed by atoms with Gasteiger partial charge in [-0.2, -0.15) is 0 Å². The molecular formula is C11H19N5O2. The van der Waals surface area contributed by atoms with E-state index in [0.29, 0.717) is 25.3 Å². The summed E-state index contributed by atoms with van der Waals surface area (Å²) in [5.74, 6) is 0.693. The Labute approximate surface area is 106 Å². The predicted molar refractivity (Wildman–Crippen MR) is 63.5 cm³/mol. The quantitative estimate of drug-likeness (QED) is 0.775. The smallest absolute Gasteiger partial charge is 0.244 e. The Morgan fingerprint density at radius 3 is 2.89 bits per heavy atom. The van der Waals surface area contributed by atoms with Crippen LogP contribution in [0.5, 0.6) is 0 Å². The number of carbonyl (C=O) groups excluding carboxylic acids is 1. The number of aliphatic hydroxyl groups is 1. The van der Waals surface area contributed by atoms with Crippen molar-refractivity contribution in [1.82, 2.24) is 25.1 Å². The summed E-state index contributed by atoms with van der Waals surface area (Å²) in [4.78, 5) is 13.9. The molecular weight excluding hydrogens is 234 g/mol. The monoisotopic (exact) mass is 253 g/mol. The van der Waals surface area contributed by atoms with Crippen LogP contribution in [0.15, 0.2) is 0 Å². The van der Waals surface area contributed by atoms with Gasteiger partial charge in [-0.25, -0.2) is 4.68 Å². The molecule has 1 amide bonds. The number of likely N-dealkylation sites (tertiary alicyclic amines) is 1. The minimum absolute atomic E-state index is 0.00671. The number of aryl methyl sites for hydroxylation is 1. The Balaban J connectivity index is 1.97. The lowest BCUT2D eigenvalue weighted by Gasteiger charge is -2.41. The van der Waals surface area contributed by atoms with Gasteiger partial charge in [0.2, 0.25) is 5.91 Å². The highest BCUT2D eigenvalue weighted by molar-refractivity contribution is 5.76. The van der Waals surface area contributed by atoms with Crippen molar-refractivity contribution in [3.8, 4) is 0 Å². The third-order valence-corrected chi connectivity index (χ3v) is 3.79. The molecule has 0 aliphatic carbocycles. The normalized spacial score (nSPS) is 28.4. The predicted octanol–water partition coefficient (Wildman–Crippen LogP) is -0.399. The molecule has 2 unspecified atom stereocenters. The molecule has 0 spiro atoms. The third kappa shape index (κ3) is 2.50. The van der Waals surface area contributed by atoms with Crippen LogP contribution in [0.1, 0.15) is 26.1 Å². The molecule has 1 N–H and O–H groups in total. The number of carbonyl (C=O) groups is 1. The maximum Gasteiger partial charge on any atom is 0.244 e. The maximum atomic E-state index is 12.1. The Morgan fingerprint density at radius 1 is 1.61 bits per heavy atom. The zero-order valence-electron chi connectivity index (χ0n) is 11.0. The Hall–Kier alpha value is -1.50. The van der Waals surface area contributed by atoms with E-state index < -0.39 is 5.60 Å². The number of tetrazole rings is 1. The van der Waals surface area contributed by atoms with E-state index in [1.54, 1.807) is 11.8 Å². The van der Waals surface area contributed by atoms with Gasteiger partial charge in [-0.1, -0.05) is 6.92 Å². The van der Waals surface area contributed by atoms with Crippen LogP contribution in [0.3, 0.4) is 0 Å². The molecule has 2 rings (SSSR count). The van der Waals surface area contributed by atoms with Gasteiger partial charge in [-0.05, 0) is 30.7 Å². The van der Waals surface area contributed by atoms with E-state index in [-0.39, 0.29) is 18.4 Å². The van der Waals surface area contributed by atoms with Crippen LogP contribution >= 0.6 is 0 Å². The summed E-state index contributed by atoms with van der Waals surface area (Å²) < 4.78 is 1.49. The van der Waals surface area contributed by atoms with Crippen LogP contribution in [0.4, 0.5) is 0 Å². The van der Waals surface area contributed by atoms with Crippen LogP contribution in [-0.2, 0) is 11.3 Å². The fraction of sp³-hybridized carbons (Fsp3) is 0.818. The van der Waals surface area contributed by atoms with Crippen molar-refractivity contribution in [3.63, 3.8) is 0 Å². The zero-order chi connectivity index (χ0) is 13.3. The minimum Gasteiger partial charge on any atom is -0.390 e. The highest BCUT2D eigenvalue weighted by atomic mass is 16.3. The van der Waals surface area contributed by atoms with Gasteiger partial charge in [-0.15, -0.1) is 5.10 Å². The molecule has 1 fully saturated rings. The summed E-state index contributed by atoms with van der Waals surface area (Å²) in [6.07, 6.45) is 0.606. The number of hydrogen-bond donors (Lipinski definition) is 1. The van der Waals surface area contributed by atoms with E-state index in [4.69, 9.17) is 0 Å². The average Bonchev–Trinajstić information content (AvgIpc) is 2.68. The van der Waals surface area contributed by atoms with E-state index in [9.17, 15) is 9.90 Å². The minimum atomic E-state index is -0.679. The van der Waals surface area contributed by atoms with E-state index in [2.05, 4.69) is 15.5 Å². The first-order valence-electron chi connectivity index (χ1n) is 6.13. The lowest BCUT2D eigenvalue weighted by molar-refractivity contribution is -0.139. The highest BCUT2D eigenvalue weighted by Gasteiger charge is 2.36. The number of amides is 1. The third-order valence-electron chi connectivity index (χ3n) is 3.79. The molecule has 0 bridgehead atoms. The fourth-order valence-corrected chi connectivity index (χ4v) is 2.08. The van der Waals surface area contributed by atoms with Crippen molar-refractivity contribution in [3.05, 3.63) is 5.82 Å². The first kappa shape index (κ1) is 12.9. The van der Waals surface area contributed by atoms with E-state index in [1.807, 2.05) is 13.8 Å². The summed E-state index contributed by atoms with van der Waals surface area (Å²) in [5, 5.41) is 21.1. The second kappa shape index (κ2) is 4.64. The van der Waals surface area contributed by atoms with Gasteiger partial charge >= 0.3 is 0 Å². The van der Waals surface area contributed by atoms with E-state index in [0.717, 1.165) is 0 Å². The molecule has 100 valence electrons. The van der Waals surface area contributed by atoms with Gasteiger partial charge in [0.05, 0.1) is 5.60 Å². The Bertz CT molecular complexity index is 442. The second-order valence-electron chi connectivity index (χ2n) is 5.23. The van der Waals surface area contributed by atoms with Crippen LogP contribution in [0.2, 0.25) is 0 Å². The summed E-state index contributed by atoms with van der Waals surface area (Å²) in [5.41, 5.74) is -0.679. The standard InChI is InChI=1S/C11H19N5O2/c1-8-6-15(5-4-11(8,3)18)10(17)7-16-9(2)12-13-14-16/h8,18H,4-7H2,1-3H3. The van der Waals surface area contributed by atoms with Gasteiger partial charge in [-0.3, -0.25) is 4.79 Å². The fourth-order valence-electron chi connectivity index (χ4n) is 2.08. The highest BCUT2D eigenvalue weighted by Crippen LogP contribution is 2.27. The number of aromatic nitrogens is 4. The van der Waals surface area contributed by atoms with Crippen molar-refractivity contribution < 1.29 is 9.90 Å². The van der Waals surface area contributed by atoms with Crippen LogP contribution in [0.25, 0.3) is 0 Å². The van der Waals surface area contributed by atoms with Gasteiger partial charge in [0, 0.05) is 19.0 Å². The summed E-state index contributed by atoms with van der Waals surface area (Å²) in [6.45, 7) is 6.86. The molecule has 7 nitrogen and oxygen atoms in total. The van der Waals surface area contributed by atoms with Crippen LogP contribution < -0.4 is 0 Å². The lowest BCUT2D eigenvalue weighted by Crippen LogP contribution is -2.51. The molecule has 2 atom stereocenters. The molecule has 1 aromatic heterocycles. The molecule has 1 aliphatic rings. The molecule has 1 saturated heterocycles. The summed E-state index contributed by atoms with van der Waals surface area (Å²) in [7, 11) is 0. The van der Waals surface area contributed by atoms with Crippen molar-refractivity contribution >= 4 is 5.91 Å². The summed E-state index contributed by atoms with van der Waals surface area (Å²) in [6, 6.07) is 0. The van der Waals surface area contributed by atoms with Crippen molar-refractivity contribution in [2.24, 2.45) is 5.92 Å². The molecule has 0 saturated carbocycles. The molecule has 0 aromatic carbocycles. The number of piperidine rings is 1. The van der Waals surface area contributed by atoms with Crippen molar-refractivity contribution in [1.29, 1.82) is 0 Å². The topological polar surface area (TPSA) is 84.1 Å². The maximum absolute atomic E-state index is 12.1. The zero-order valence-corrected chi connectivity index (χ0v) is 11.0. The van der Waals surface area contributed by atoms with Gasteiger partial charge < -0.3 is 10.0 Å². The Kier molecular flexibility index (Phi) is 3.34. The van der Waals surface area contributed by atoms with Gasteiger partial charge in [0.25, 0.3) is 0 Å². The second-order valence-corrected chi connectivity index (χ2v) is 5.23. The molecule has 7 heteroatoms.